The predicted molar refractivity (Wildman–Crippen MR) is 96.1 cm³/mol. The van der Waals surface area contributed by atoms with Gasteiger partial charge in [-0.15, -0.1) is 0 Å². The van der Waals surface area contributed by atoms with Crippen LogP contribution in [0, 0.1) is 10.1 Å². The van der Waals surface area contributed by atoms with Crippen molar-refractivity contribution in [2.24, 2.45) is 0 Å². The minimum atomic E-state index is -0.512. The van der Waals surface area contributed by atoms with Crippen LogP contribution in [-0.4, -0.2) is 39.0 Å². The Morgan fingerprint density at radius 1 is 1.00 bits per heavy atom. The lowest BCUT2D eigenvalue weighted by Gasteiger charge is -2.17. The summed E-state index contributed by atoms with van der Waals surface area (Å²) in [5.74, 6) is -0.389. The lowest BCUT2D eigenvalue weighted by molar-refractivity contribution is -0.384. The monoisotopic (exact) mass is 328 g/mol. The molecule has 1 amide bonds. The summed E-state index contributed by atoms with van der Waals surface area (Å²) in [4.78, 5) is 26.7. The highest BCUT2D eigenvalue weighted by atomic mass is 16.6. The van der Waals surface area contributed by atoms with E-state index in [-0.39, 0.29) is 17.2 Å². The van der Waals surface area contributed by atoms with Crippen LogP contribution in [0.5, 0.6) is 0 Å². The Morgan fingerprint density at radius 2 is 1.62 bits per heavy atom. The quantitative estimate of drug-likeness (QED) is 0.674. The van der Waals surface area contributed by atoms with E-state index in [0.717, 1.165) is 5.69 Å². The third kappa shape index (κ3) is 3.81. The van der Waals surface area contributed by atoms with Gasteiger partial charge in [0.05, 0.1) is 10.5 Å². The summed E-state index contributed by atoms with van der Waals surface area (Å²) in [7, 11) is 7.42. The summed E-state index contributed by atoms with van der Waals surface area (Å²) >= 11 is 0. The molecule has 0 saturated heterocycles. The van der Waals surface area contributed by atoms with Crippen LogP contribution in [-0.2, 0) is 0 Å². The molecule has 2 aromatic carbocycles. The summed E-state index contributed by atoms with van der Waals surface area (Å²) in [6, 6.07) is 11.6. The zero-order valence-electron chi connectivity index (χ0n) is 14.1. The number of amides is 1. The number of carbonyl (C=O) groups excluding carboxylic acids is 1. The molecule has 24 heavy (non-hydrogen) atoms. The van der Waals surface area contributed by atoms with Crippen LogP contribution in [0.2, 0.25) is 0 Å². The average Bonchev–Trinajstić information content (AvgIpc) is 2.54. The van der Waals surface area contributed by atoms with E-state index in [9.17, 15) is 14.9 Å². The minimum Gasteiger partial charge on any atom is -0.378 e. The van der Waals surface area contributed by atoms with Crippen molar-refractivity contribution >= 4 is 28.7 Å². The van der Waals surface area contributed by atoms with Crippen LogP contribution in [0.3, 0.4) is 0 Å². The summed E-state index contributed by atoms with van der Waals surface area (Å²) in [6.45, 7) is 0. The molecule has 0 bridgehead atoms. The maximum Gasteiger partial charge on any atom is 0.270 e. The lowest BCUT2D eigenvalue weighted by atomic mass is 10.1. The van der Waals surface area contributed by atoms with Crippen molar-refractivity contribution in [1.29, 1.82) is 0 Å². The van der Waals surface area contributed by atoms with Gasteiger partial charge in [0, 0.05) is 57.4 Å². The molecular weight excluding hydrogens is 308 g/mol. The molecule has 2 aromatic rings. The normalized spacial score (nSPS) is 10.2. The molecule has 1 N–H and O–H groups in total. The maximum atomic E-state index is 12.6. The lowest BCUT2D eigenvalue weighted by Crippen LogP contribution is -2.19. The van der Waals surface area contributed by atoms with Gasteiger partial charge in [-0.25, -0.2) is 0 Å². The van der Waals surface area contributed by atoms with Gasteiger partial charge in [-0.05, 0) is 30.3 Å². The van der Waals surface area contributed by atoms with Crippen molar-refractivity contribution in [1.82, 2.24) is 0 Å². The van der Waals surface area contributed by atoms with Crippen molar-refractivity contribution in [3.63, 3.8) is 0 Å². The van der Waals surface area contributed by atoms with Gasteiger partial charge >= 0.3 is 0 Å². The van der Waals surface area contributed by atoms with Gasteiger partial charge in [0.15, 0.2) is 0 Å². The number of nitrogens with one attached hydrogen (secondary N) is 1. The molecule has 7 heteroatoms. The standard InChI is InChI=1S/C17H20N4O3/c1-19(2)13-7-5-12(6-8-13)18-17(22)15-11-14(21(23)24)9-10-16(15)20(3)4/h5-11H,1-4H3,(H,18,22). The fourth-order valence-corrected chi connectivity index (χ4v) is 2.25. The molecule has 0 aliphatic heterocycles. The van der Waals surface area contributed by atoms with Crippen molar-refractivity contribution in [2.45, 2.75) is 0 Å². The number of non-ortho nitro benzene ring substituents is 1. The molecule has 0 radical (unpaired) electrons. The van der Waals surface area contributed by atoms with Crippen LogP contribution in [0.4, 0.5) is 22.7 Å². The fraction of sp³-hybridized carbons (Fsp3) is 0.235. The molecule has 0 saturated carbocycles. The second-order valence-corrected chi connectivity index (χ2v) is 5.75. The van der Waals surface area contributed by atoms with Crippen LogP contribution >= 0.6 is 0 Å². The maximum absolute atomic E-state index is 12.6. The molecule has 0 aliphatic carbocycles. The van der Waals surface area contributed by atoms with Gasteiger partial charge in [0.1, 0.15) is 0 Å². The van der Waals surface area contributed by atoms with Gasteiger partial charge in [-0.3, -0.25) is 14.9 Å². The largest absolute Gasteiger partial charge is 0.378 e. The minimum absolute atomic E-state index is 0.117. The van der Waals surface area contributed by atoms with E-state index < -0.39 is 4.92 Å². The topological polar surface area (TPSA) is 78.7 Å². The van der Waals surface area contributed by atoms with Crippen LogP contribution in [0.15, 0.2) is 42.5 Å². The van der Waals surface area contributed by atoms with E-state index >= 15 is 0 Å². The molecule has 7 nitrogen and oxygen atoms in total. The second kappa shape index (κ2) is 6.99. The summed E-state index contributed by atoms with van der Waals surface area (Å²) in [6.07, 6.45) is 0. The first-order valence-electron chi connectivity index (χ1n) is 7.34. The molecule has 0 spiro atoms. The highest BCUT2D eigenvalue weighted by Crippen LogP contribution is 2.25. The van der Waals surface area contributed by atoms with Crippen LogP contribution in [0.1, 0.15) is 10.4 Å². The number of carbonyl (C=O) groups is 1. The Morgan fingerprint density at radius 3 is 2.12 bits per heavy atom. The number of rotatable bonds is 5. The SMILES string of the molecule is CN(C)c1ccc(NC(=O)c2cc([N+](=O)[O-])ccc2N(C)C)cc1. The zero-order chi connectivity index (χ0) is 17.9. The first-order valence-corrected chi connectivity index (χ1v) is 7.34. The summed E-state index contributed by atoms with van der Waals surface area (Å²) in [5, 5.41) is 13.8. The van der Waals surface area contributed by atoms with Crippen LogP contribution in [0.25, 0.3) is 0 Å². The number of benzene rings is 2. The van der Waals surface area contributed by atoms with Crippen molar-refractivity contribution < 1.29 is 9.72 Å². The van der Waals surface area contributed by atoms with Crippen molar-refractivity contribution in [3.8, 4) is 0 Å². The highest BCUT2D eigenvalue weighted by molar-refractivity contribution is 6.08. The van der Waals surface area contributed by atoms with E-state index in [4.69, 9.17) is 0 Å². The van der Waals surface area contributed by atoms with Gasteiger partial charge in [0.25, 0.3) is 11.6 Å². The van der Waals surface area contributed by atoms with E-state index in [2.05, 4.69) is 5.32 Å². The Hall–Kier alpha value is -3.09. The summed E-state index contributed by atoms with van der Waals surface area (Å²) in [5.41, 5.74) is 2.39. The van der Waals surface area contributed by atoms with E-state index in [1.807, 2.05) is 31.1 Å². The van der Waals surface area contributed by atoms with Crippen molar-refractivity contribution in [2.75, 3.05) is 43.3 Å². The molecular formula is C17H20N4O3. The molecule has 0 fully saturated rings. The Bertz CT molecular complexity index is 755. The van der Waals surface area contributed by atoms with Crippen LogP contribution < -0.4 is 15.1 Å². The third-order valence-corrected chi connectivity index (χ3v) is 3.56. The molecule has 0 aliphatic rings. The van der Waals surface area contributed by atoms with Gasteiger partial charge in [-0.2, -0.15) is 0 Å². The molecule has 0 heterocycles. The first kappa shape index (κ1) is 17.3. The van der Waals surface area contributed by atoms with E-state index in [1.165, 1.54) is 12.1 Å². The molecule has 0 aromatic heterocycles. The van der Waals surface area contributed by atoms with E-state index in [1.54, 1.807) is 37.2 Å². The molecule has 0 unspecified atom stereocenters. The Labute approximate surface area is 140 Å². The number of nitrogens with zero attached hydrogens (tertiary/aromatic N) is 3. The zero-order valence-corrected chi connectivity index (χ0v) is 14.1. The van der Waals surface area contributed by atoms with E-state index in [0.29, 0.717) is 11.4 Å². The number of nitro groups is 1. The first-order chi connectivity index (χ1) is 11.3. The Kier molecular flexibility index (Phi) is 5.03. The third-order valence-electron chi connectivity index (χ3n) is 3.56. The summed E-state index contributed by atoms with van der Waals surface area (Å²) < 4.78 is 0. The molecule has 126 valence electrons. The number of hydrogen-bond donors (Lipinski definition) is 1. The predicted octanol–water partition coefficient (Wildman–Crippen LogP) is 2.98. The number of anilines is 3. The number of nitro benzene ring substituents is 1. The number of hydrogen-bond acceptors (Lipinski definition) is 5. The average molecular weight is 328 g/mol. The fourth-order valence-electron chi connectivity index (χ4n) is 2.25. The molecule has 2 rings (SSSR count). The van der Waals surface area contributed by atoms with Crippen molar-refractivity contribution in [3.05, 3.63) is 58.1 Å². The smallest absolute Gasteiger partial charge is 0.270 e. The van der Waals surface area contributed by atoms with Gasteiger partial charge in [0.2, 0.25) is 0 Å². The Balaban J connectivity index is 2.30. The van der Waals surface area contributed by atoms with Gasteiger partial charge < -0.3 is 15.1 Å². The van der Waals surface area contributed by atoms with Gasteiger partial charge in [-0.1, -0.05) is 0 Å². The molecule has 0 atom stereocenters. The second-order valence-electron chi connectivity index (χ2n) is 5.75. The highest BCUT2D eigenvalue weighted by Gasteiger charge is 2.18.